The first-order valence-electron chi connectivity index (χ1n) is 2.81. The second kappa shape index (κ2) is 8.10. The molecule has 0 atom stereocenters. The van der Waals surface area contributed by atoms with Gasteiger partial charge in [-0.05, 0) is 6.92 Å². The predicted molar refractivity (Wildman–Crippen MR) is 35.5 cm³/mol. The van der Waals surface area contributed by atoms with Gasteiger partial charge in [-0.1, -0.05) is 0 Å². The Kier molecular flexibility index (Phi) is 9.59. The maximum absolute atomic E-state index is 10.2. The fourth-order valence-corrected chi connectivity index (χ4v) is 0.233. The van der Waals surface area contributed by atoms with Crippen LogP contribution in [0.15, 0.2) is 0 Å². The van der Waals surface area contributed by atoms with Crippen molar-refractivity contribution in [1.82, 2.24) is 0 Å². The lowest BCUT2D eigenvalue weighted by Crippen LogP contribution is -2.12. The van der Waals surface area contributed by atoms with Crippen LogP contribution in [0.1, 0.15) is 13.8 Å². The monoisotopic (exact) mass is 148 g/mol. The number of ketones is 1. The van der Waals surface area contributed by atoms with Gasteiger partial charge in [0, 0.05) is 14.0 Å². The molecule has 0 aromatic rings. The van der Waals surface area contributed by atoms with Crippen LogP contribution in [0, 0.1) is 0 Å². The highest BCUT2D eigenvalue weighted by Crippen LogP contribution is 1.77. The first kappa shape index (κ1) is 11.8. The number of hydrogen-bond acceptors (Lipinski definition) is 4. The number of aliphatic hydroxyl groups is 1. The molecule has 0 aliphatic heterocycles. The van der Waals surface area contributed by atoms with E-state index in [1.54, 1.807) is 6.92 Å². The average Bonchev–Trinajstić information content (AvgIpc) is 1.93. The van der Waals surface area contributed by atoms with Crippen LogP contribution < -0.4 is 0 Å². The second-order valence-electron chi connectivity index (χ2n) is 1.28. The standard InChI is InChI=1S/C5H8O3.CH4O/c1-3-8-5(7)4(2)6;1-2/h3H2,1-2H3;2H,1H3. The van der Waals surface area contributed by atoms with Crippen LogP contribution in [0.3, 0.4) is 0 Å². The summed E-state index contributed by atoms with van der Waals surface area (Å²) < 4.78 is 4.31. The lowest BCUT2D eigenvalue weighted by atomic mass is 10.5. The van der Waals surface area contributed by atoms with Gasteiger partial charge in [-0.25, -0.2) is 4.79 Å². The van der Waals surface area contributed by atoms with Gasteiger partial charge in [-0.2, -0.15) is 0 Å². The fourth-order valence-electron chi connectivity index (χ4n) is 0.233. The minimum absolute atomic E-state index is 0.262. The molecule has 0 amide bonds. The topological polar surface area (TPSA) is 63.6 Å². The van der Waals surface area contributed by atoms with Gasteiger partial charge in [0.15, 0.2) is 0 Å². The van der Waals surface area contributed by atoms with Crippen molar-refractivity contribution < 1.29 is 19.4 Å². The summed E-state index contributed by atoms with van der Waals surface area (Å²) in [5.74, 6) is -1.31. The molecule has 0 bridgehead atoms. The van der Waals surface area contributed by atoms with E-state index >= 15 is 0 Å². The Labute approximate surface area is 59.8 Å². The van der Waals surface area contributed by atoms with E-state index in [-0.39, 0.29) is 6.61 Å². The highest BCUT2D eigenvalue weighted by atomic mass is 16.5. The van der Waals surface area contributed by atoms with Gasteiger partial charge in [0.25, 0.3) is 0 Å². The molecule has 10 heavy (non-hydrogen) atoms. The van der Waals surface area contributed by atoms with Gasteiger partial charge in [0.05, 0.1) is 6.61 Å². The van der Waals surface area contributed by atoms with Crippen LogP contribution in [-0.2, 0) is 14.3 Å². The van der Waals surface area contributed by atoms with Gasteiger partial charge in [0.2, 0.25) is 5.78 Å². The molecule has 0 saturated heterocycles. The number of carbonyl (C=O) groups is 2. The summed E-state index contributed by atoms with van der Waals surface area (Å²) in [4.78, 5) is 20.2. The molecule has 60 valence electrons. The Balaban J connectivity index is 0. The molecule has 0 spiro atoms. The van der Waals surface area contributed by atoms with Crippen molar-refractivity contribution in [2.24, 2.45) is 0 Å². The molecule has 0 heterocycles. The summed E-state index contributed by atoms with van der Waals surface area (Å²) in [6, 6.07) is 0. The van der Waals surface area contributed by atoms with Crippen molar-refractivity contribution in [2.45, 2.75) is 13.8 Å². The van der Waals surface area contributed by atoms with Crippen LogP contribution in [-0.4, -0.2) is 30.6 Å². The smallest absolute Gasteiger partial charge is 0.374 e. The van der Waals surface area contributed by atoms with Crippen LogP contribution in [0.25, 0.3) is 0 Å². The number of aliphatic hydroxyl groups excluding tert-OH is 1. The number of esters is 1. The minimum Gasteiger partial charge on any atom is -0.460 e. The van der Waals surface area contributed by atoms with Gasteiger partial charge < -0.3 is 9.84 Å². The molecule has 4 heteroatoms. The first-order chi connectivity index (χ1) is 4.68. The lowest BCUT2D eigenvalue weighted by molar-refractivity contribution is -0.152. The molecular weight excluding hydrogens is 136 g/mol. The minimum atomic E-state index is -0.757. The molecule has 0 fully saturated rings. The van der Waals surface area contributed by atoms with E-state index in [0.717, 1.165) is 7.11 Å². The molecule has 4 nitrogen and oxygen atoms in total. The third-order valence-electron chi connectivity index (χ3n) is 0.563. The molecule has 0 unspecified atom stereocenters. The fraction of sp³-hybridized carbons (Fsp3) is 0.667. The van der Waals surface area contributed by atoms with Crippen LogP contribution in [0.2, 0.25) is 0 Å². The number of carbonyl (C=O) groups excluding carboxylic acids is 2. The van der Waals surface area contributed by atoms with Crippen molar-refractivity contribution in [3.63, 3.8) is 0 Å². The summed E-state index contributed by atoms with van der Waals surface area (Å²) in [5, 5.41) is 7.00. The normalized spacial score (nSPS) is 7.20. The van der Waals surface area contributed by atoms with Crippen molar-refractivity contribution in [3.05, 3.63) is 0 Å². The SMILES string of the molecule is CCOC(=O)C(C)=O.CO. The summed E-state index contributed by atoms with van der Waals surface area (Å²) in [5.41, 5.74) is 0. The highest BCUT2D eigenvalue weighted by molar-refractivity contribution is 6.32. The van der Waals surface area contributed by atoms with E-state index in [2.05, 4.69) is 4.74 Å². The largest absolute Gasteiger partial charge is 0.460 e. The number of rotatable bonds is 2. The van der Waals surface area contributed by atoms with Crippen molar-refractivity contribution in [2.75, 3.05) is 13.7 Å². The Morgan fingerprint density at radius 1 is 1.40 bits per heavy atom. The zero-order valence-electron chi connectivity index (χ0n) is 6.38. The molecule has 0 saturated carbocycles. The molecule has 0 rings (SSSR count). The average molecular weight is 148 g/mol. The van der Waals surface area contributed by atoms with Gasteiger partial charge in [-0.15, -0.1) is 0 Å². The van der Waals surface area contributed by atoms with E-state index in [0.29, 0.717) is 0 Å². The van der Waals surface area contributed by atoms with E-state index in [1.807, 2.05) is 0 Å². The Morgan fingerprint density at radius 2 is 1.80 bits per heavy atom. The summed E-state index contributed by atoms with van der Waals surface area (Å²) in [6.45, 7) is 3.09. The number of ether oxygens (including phenoxy) is 1. The molecule has 0 aromatic heterocycles. The second-order valence-corrected chi connectivity index (χ2v) is 1.28. The molecule has 0 aliphatic carbocycles. The Hall–Kier alpha value is -0.900. The third-order valence-corrected chi connectivity index (χ3v) is 0.563. The van der Waals surface area contributed by atoms with Crippen LogP contribution >= 0.6 is 0 Å². The zero-order chi connectivity index (χ0) is 8.57. The van der Waals surface area contributed by atoms with E-state index in [9.17, 15) is 9.59 Å². The molecule has 0 radical (unpaired) electrons. The third kappa shape index (κ3) is 7.10. The Morgan fingerprint density at radius 3 is 1.90 bits per heavy atom. The molecule has 0 aliphatic rings. The highest BCUT2D eigenvalue weighted by Gasteiger charge is 2.05. The first-order valence-corrected chi connectivity index (χ1v) is 2.81. The quantitative estimate of drug-likeness (QED) is 0.433. The van der Waals surface area contributed by atoms with Gasteiger partial charge >= 0.3 is 5.97 Å². The van der Waals surface area contributed by atoms with E-state index < -0.39 is 11.8 Å². The Bertz CT molecular complexity index is 108. The predicted octanol–water partition coefficient (Wildman–Crippen LogP) is -0.253. The maximum Gasteiger partial charge on any atom is 0.374 e. The van der Waals surface area contributed by atoms with Crippen molar-refractivity contribution in [1.29, 1.82) is 0 Å². The summed E-state index contributed by atoms with van der Waals surface area (Å²) in [6.07, 6.45) is 0. The van der Waals surface area contributed by atoms with Crippen LogP contribution in [0.4, 0.5) is 0 Å². The zero-order valence-corrected chi connectivity index (χ0v) is 6.38. The van der Waals surface area contributed by atoms with Gasteiger partial charge in [0.1, 0.15) is 0 Å². The lowest BCUT2D eigenvalue weighted by Gasteiger charge is -1.93. The summed E-state index contributed by atoms with van der Waals surface area (Å²) >= 11 is 0. The van der Waals surface area contributed by atoms with Crippen molar-refractivity contribution in [3.8, 4) is 0 Å². The summed E-state index contributed by atoms with van der Waals surface area (Å²) in [7, 11) is 1.00. The van der Waals surface area contributed by atoms with E-state index in [4.69, 9.17) is 5.11 Å². The molecular formula is C6H12O4. The molecule has 0 aromatic carbocycles. The van der Waals surface area contributed by atoms with Crippen LogP contribution in [0.5, 0.6) is 0 Å². The van der Waals surface area contributed by atoms with Gasteiger partial charge in [-0.3, -0.25) is 4.79 Å². The number of Topliss-reactive ketones (excluding diaryl/α,β-unsaturated/α-hetero) is 1. The maximum atomic E-state index is 10.2. The van der Waals surface area contributed by atoms with E-state index in [1.165, 1.54) is 6.92 Å². The number of hydrogen-bond donors (Lipinski definition) is 1. The van der Waals surface area contributed by atoms with Crippen molar-refractivity contribution >= 4 is 11.8 Å². The molecule has 1 N–H and O–H groups in total.